The van der Waals surface area contributed by atoms with Crippen LogP contribution in [0.15, 0.2) is 28.7 Å². The van der Waals surface area contributed by atoms with Gasteiger partial charge in [-0.3, -0.25) is 0 Å². The predicted molar refractivity (Wildman–Crippen MR) is 86.4 cm³/mol. The molecule has 0 radical (unpaired) electrons. The van der Waals surface area contributed by atoms with Gasteiger partial charge in [0.05, 0.1) is 0 Å². The van der Waals surface area contributed by atoms with Crippen molar-refractivity contribution < 1.29 is 0 Å². The van der Waals surface area contributed by atoms with Crippen molar-refractivity contribution in [1.82, 2.24) is 5.32 Å². The molecule has 0 bridgehead atoms. The minimum Gasteiger partial charge on any atom is -0.316 e. The van der Waals surface area contributed by atoms with Crippen molar-refractivity contribution in [3.05, 3.63) is 34.3 Å². The van der Waals surface area contributed by atoms with Gasteiger partial charge in [-0.1, -0.05) is 48.8 Å². The highest BCUT2D eigenvalue weighted by atomic mass is 79.9. The largest absolute Gasteiger partial charge is 0.316 e. The summed E-state index contributed by atoms with van der Waals surface area (Å²) >= 11 is 3.58. The molecule has 0 aliphatic heterocycles. The maximum Gasteiger partial charge on any atom is 0.0177 e. The second-order valence-electron chi connectivity index (χ2n) is 6.76. The highest BCUT2D eigenvalue weighted by Gasteiger charge is 2.41. The molecule has 1 aliphatic carbocycles. The van der Waals surface area contributed by atoms with Gasteiger partial charge in [0.15, 0.2) is 0 Å². The third-order valence-electron chi connectivity index (χ3n) is 4.14. The molecule has 106 valence electrons. The summed E-state index contributed by atoms with van der Waals surface area (Å²) in [7, 11) is 0. The van der Waals surface area contributed by atoms with Crippen LogP contribution in [0.1, 0.15) is 39.2 Å². The van der Waals surface area contributed by atoms with E-state index >= 15 is 0 Å². The second kappa shape index (κ2) is 6.41. The van der Waals surface area contributed by atoms with Crippen molar-refractivity contribution in [2.45, 2.75) is 40.0 Å². The van der Waals surface area contributed by atoms with E-state index in [-0.39, 0.29) is 0 Å². The topological polar surface area (TPSA) is 12.0 Å². The number of rotatable bonds is 7. The maximum absolute atomic E-state index is 3.67. The Labute approximate surface area is 126 Å². The summed E-state index contributed by atoms with van der Waals surface area (Å²) in [5.74, 6) is 1.64. The van der Waals surface area contributed by atoms with Gasteiger partial charge < -0.3 is 5.32 Å². The minimum atomic E-state index is 0.412. The van der Waals surface area contributed by atoms with Crippen LogP contribution >= 0.6 is 15.9 Å². The van der Waals surface area contributed by atoms with E-state index in [1.807, 2.05) is 0 Å². The van der Waals surface area contributed by atoms with Gasteiger partial charge >= 0.3 is 0 Å². The van der Waals surface area contributed by atoms with Crippen LogP contribution in [0.25, 0.3) is 0 Å². The Morgan fingerprint density at radius 2 is 2.11 bits per heavy atom. The van der Waals surface area contributed by atoms with Crippen LogP contribution in [0.3, 0.4) is 0 Å². The van der Waals surface area contributed by atoms with Crippen molar-refractivity contribution in [2.75, 3.05) is 13.1 Å². The third kappa shape index (κ3) is 4.61. The zero-order chi connectivity index (χ0) is 13.9. The van der Waals surface area contributed by atoms with Gasteiger partial charge in [-0.2, -0.15) is 0 Å². The lowest BCUT2D eigenvalue weighted by Crippen LogP contribution is -2.37. The average Bonchev–Trinajstić information content (AvgIpc) is 3.12. The van der Waals surface area contributed by atoms with E-state index in [1.165, 1.54) is 29.3 Å². The molecule has 2 rings (SSSR count). The molecule has 2 heteroatoms. The summed E-state index contributed by atoms with van der Waals surface area (Å²) in [5, 5.41) is 3.67. The molecule has 1 aromatic carbocycles. The van der Waals surface area contributed by atoms with Crippen LogP contribution in [0.4, 0.5) is 0 Å². The van der Waals surface area contributed by atoms with Crippen molar-refractivity contribution in [2.24, 2.45) is 17.3 Å². The first-order valence-electron chi connectivity index (χ1n) is 7.45. The predicted octanol–water partition coefficient (Wildman–Crippen LogP) is 4.65. The van der Waals surface area contributed by atoms with E-state index in [0.717, 1.165) is 24.9 Å². The third-order valence-corrected chi connectivity index (χ3v) is 4.63. The molecule has 1 aromatic rings. The van der Waals surface area contributed by atoms with Crippen LogP contribution in [-0.4, -0.2) is 13.1 Å². The van der Waals surface area contributed by atoms with E-state index in [1.54, 1.807) is 0 Å². The Morgan fingerprint density at radius 1 is 1.37 bits per heavy atom. The van der Waals surface area contributed by atoms with Crippen LogP contribution in [0.2, 0.25) is 0 Å². The van der Waals surface area contributed by atoms with Gasteiger partial charge in [-0.15, -0.1) is 0 Å². The molecule has 1 atom stereocenters. The summed E-state index contributed by atoms with van der Waals surface area (Å²) in [6, 6.07) is 8.78. The molecule has 1 aliphatic rings. The first-order chi connectivity index (χ1) is 8.99. The molecule has 1 saturated carbocycles. The molecule has 1 fully saturated rings. The molecule has 0 amide bonds. The van der Waals surface area contributed by atoms with Crippen molar-refractivity contribution in [1.29, 1.82) is 0 Å². The zero-order valence-corrected chi connectivity index (χ0v) is 14.0. The van der Waals surface area contributed by atoms with E-state index < -0.39 is 0 Å². The summed E-state index contributed by atoms with van der Waals surface area (Å²) in [6.07, 6.45) is 4.00. The van der Waals surface area contributed by atoms with Crippen molar-refractivity contribution in [3.8, 4) is 0 Å². The monoisotopic (exact) mass is 323 g/mol. The number of hydrogen-bond acceptors (Lipinski definition) is 1. The summed E-state index contributed by atoms with van der Waals surface area (Å²) < 4.78 is 1.19. The molecule has 19 heavy (non-hydrogen) atoms. The Balaban J connectivity index is 1.98. The minimum absolute atomic E-state index is 0.412. The Kier molecular flexibility index (Phi) is 5.08. The Morgan fingerprint density at radius 3 is 2.68 bits per heavy atom. The fraction of sp³-hybridized carbons (Fsp3) is 0.647. The lowest BCUT2D eigenvalue weighted by Gasteiger charge is -2.31. The standard InChI is InChI=1S/C17H26BrN/c1-13(2)11-19-12-17(3,15-7-8-15)10-14-5-4-6-16(18)9-14/h4-6,9,13,15,19H,7-8,10-12H2,1-3H3. The first kappa shape index (κ1) is 15.1. The lowest BCUT2D eigenvalue weighted by atomic mass is 9.79. The number of hydrogen-bond donors (Lipinski definition) is 1. The van der Waals surface area contributed by atoms with Gasteiger partial charge in [-0.05, 0) is 60.8 Å². The highest BCUT2D eigenvalue weighted by molar-refractivity contribution is 9.10. The van der Waals surface area contributed by atoms with Crippen LogP contribution < -0.4 is 5.32 Å². The zero-order valence-electron chi connectivity index (χ0n) is 12.4. The molecule has 0 aromatic heterocycles. The number of halogens is 1. The van der Waals surface area contributed by atoms with E-state index in [4.69, 9.17) is 0 Å². The Bertz CT molecular complexity index is 411. The van der Waals surface area contributed by atoms with Crippen molar-refractivity contribution >= 4 is 15.9 Å². The SMILES string of the molecule is CC(C)CNCC(C)(Cc1cccc(Br)c1)C1CC1. The van der Waals surface area contributed by atoms with E-state index in [0.29, 0.717) is 5.41 Å². The van der Waals surface area contributed by atoms with Gasteiger partial charge in [0.25, 0.3) is 0 Å². The quantitative estimate of drug-likeness (QED) is 0.769. The van der Waals surface area contributed by atoms with E-state index in [2.05, 4.69) is 66.3 Å². The molecule has 1 unspecified atom stereocenters. The molecule has 1 nitrogen and oxygen atoms in total. The van der Waals surface area contributed by atoms with Gasteiger partial charge in [0.2, 0.25) is 0 Å². The van der Waals surface area contributed by atoms with Gasteiger partial charge in [0.1, 0.15) is 0 Å². The molecular weight excluding hydrogens is 298 g/mol. The van der Waals surface area contributed by atoms with Crippen LogP contribution in [-0.2, 0) is 6.42 Å². The van der Waals surface area contributed by atoms with Crippen LogP contribution in [0.5, 0.6) is 0 Å². The molecule has 0 saturated heterocycles. The average molecular weight is 324 g/mol. The van der Waals surface area contributed by atoms with Crippen LogP contribution in [0, 0.1) is 17.3 Å². The summed E-state index contributed by atoms with van der Waals surface area (Å²) in [4.78, 5) is 0. The first-order valence-corrected chi connectivity index (χ1v) is 8.24. The lowest BCUT2D eigenvalue weighted by molar-refractivity contribution is 0.252. The summed E-state index contributed by atoms with van der Waals surface area (Å²) in [5.41, 5.74) is 1.87. The normalized spacial score (nSPS) is 18.6. The number of benzene rings is 1. The fourth-order valence-corrected chi connectivity index (χ4v) is 3.34. The molecule has 0 heterocycles. The van der Waals surface area contributed by atoms with Crippen molar-refractivity contribution in [3.63, 3.8) is 0 Å². The van der Waals surface area contributed by atoms with Gasteiger partial charge in [0, 0.05) is 11.0 Å². The highest BCUT2D eigenvalue weighted by Crippen LogP contribution is 2.47. The molecule has 1 N–H and O–H groups in total. The van der Waals surface area contributed by atoms with E-state index in [9.17, 15) is 0 Å². The second-order valence-corrected chi connectivity index (χ2v) is 7.68. The fourth-order valence-electron chi connectivity index (χ4n) is 2.89. The summed E-state index contributed by atoms with van der Waals surface area (Å²) in [6.45, 7) is 9.27. The Hall–Kier alpha value is -0.340. The molecule has 0 spiro atoms. The maximum atomic E-state index is 3.67. The molecular formula is C17H26BrN. The number of nitrogens with one attached hydrogen (secondary N) is 1. The smallest absolute Gasteiger partial charge is 0.0177 e. The van der Waals surface area contributed by atoms with Gasteiger partial charge in [-0.25, -0.2) is 0 Å².